The first-order valence-electron chi connectivity index (χ1n) is 12.0. The summed E-state index contributed by atoms with van der Waals surface area (Å²) in [4.78, 5) is 22.8. The first-order valence-corrected chi connectivity index (χ1v) is 12.0. The number of fused-ring (bicyclic) bond motifs is 1. The second kappa shape index (κ2) is 10.0. The molecule has 0 bridgehead atoms. The lowest BCUT2D eigenvalue weighted by molar-refractivity contribution is -0.125. The Morgan fingerprint density at radius 1 is 1.11 bits per heavy atom. The molecule has 0 unspecified atom stereocenters. The van der Waals surface area contributed by atoms with Gasteiger partial charge in [0.05, 0.1) is 31.0 Å². The van der Waals surface area contributed by atoms with Crippen LogP contribution in [0.4, 0.5) is 15.9 Å². The normalized spacial score (nSPS) is 20.9. The third kappa shape index (κ3) is 5.14. The van der Waals surface area contributed by atoms with Crippen LogP contribution in [0.1, 0.15) is 31.2 Å². The molecule has 1 aliphatic heterocycles. The molecule has 2 aromatic carbocycles. The number of hydrogen-bond acceptors (Lipinski definition) is 7. The molecule has 184 valence electrons. The Morgan fingerprint density at radius 2 is 1.94 bits per heavy atom. The summed E-state index contributed by atoms with van der Waals surface area (Å²) < 4.78 is 26.4. The van der Waals surface area contributed by atoms with Gasteiger partial charge in [0, 0.05) is 30.6 Å². The predicted molar refractivity (Wildman–Crippen MR) is 132 cm³/mol. The number of nitrogens with zero attached hydrogens (tertiary/aromatic N) is 3. The fourth-order valence-electron chi connectivity index (χ4n) is 4.96. The van der Waals surface area contributed by atoms with Crippen molar-refractivity contribution < 1.29 is 18.7 Å². The van der Waals surface area contributed by atoms with Crippen LogP contribution in [0.5, 0.6) is 11.5 Å². The molecule has 1 amide bonds. The number of halogens is 1. The molecule has 3 aromatic rings. The summed E-state index contributed by atoms with van der Waals surface area (Å²) in [7, 11) is 1.61. The molecule has 2 heterocycles. The van der Waals surface area contributed by atoms with Gasteiger partial charge in [-0.05, 0) is 56.4 Å². The second-order valence-corrected chi connectivity index (χ2v) is 9.22. The van der Waals surface area contributed by atoms with Crippen molar-refractivity contribution in [1.82, 2.24) is 20.2 Å². The molecule has 2 aliphatic rings. The maximum atomic E-state index is 14.4. The zero-order valence-electron chi connectivity index (χ0n) is 20.0. The molecule has 1 saturated heterocycles. The molecule has 0 atom stereocenters. The Balaban J connectivity index is 1.35. The van der Waals surface area contributed by atoms with E-state index in [-0.39, 0.29) is 17.8 Å². The van der Waals surface area contributed by atoms with E-state index in [1.54, 1.807) is 19.2 Å². The Labute approximate surface area is 203 Å². The Bertz CT molecular complexity index is 1230. The summed E-state index contributed by atoms with van der Waals surface area (Å²) in [6.07, 6.45) is 5.25. The van der Waals surface area contributed by atoms with Crippen LogP contribution >= 0.6 is 0 Å². The number of methoxy groups -OCH3 is 1. The number of aryl methyl sites for hydroxylation is 1. The van der Waals surface area contributed by atoms with E-state index >= 15 is 0 Å². The van der Waals surface area contributed by atoms with Crippen LogP contribution in [-0.4, -0.2) is 59.7 Å². The van der Waals surface area contributed by atoms with Gasteiger partial charge in [-0.15, -0.1) is 0 Å². The van der Waals surface area contributed by atoms with Gasteiger partial charge in [0.1, 0.15) is 18.0 Å². The number of carbonyl (C=O) groups excluding carboxylic acids is 1. The molecule has 1 saturated carbocycles. The van der Waals surface area contributed by atoms with Crippen molar-refractivity contribution in [2.24, 2.45) is 0 Å². The molecular weight excluding hydrogens is 449 g/mol. The van der Waals surface area contributed by atoms with E-state index in [9.17, 15) is 9.18 Å². The van der Waals surface area contributed by atoms with Gasteiger partial charge in [-0.3, -0.25) is 9.69 Å². The lowest BCUT2D eigenvalue weighted by Crippen LogP contribution is -2.52. The third-order valence-electron chi connectivity index (χ3n) is 6.82. The number of carbonyl (C=O) groups is 1. The van der Waals surface area contributed by atoms with E-state index in [1.807, 2.05) is 19.1 Å². The van der Waals surface area contributed by atoms with E-state index in [1.165, 1.54) is 12.4 Å². The summed E-state index contributed by atoms with van der Waals surface area (Å²) in [5, 5.41) is 6.72. The van der Waals surface area contributed by atoms with Crippen LogP contribution in [0.3, 0.4) is 0 Å². The first-order chi connectivity index (χ1) is 17.0. The molecule has 1 aromatic heterocycles. The SMILES string of the molecule is COc1cc2ncnc(Nc3cc(C)ccc3F)c2cc1O[C@H]1CC[C@@H](N2CCNC(=O)C2)CC1. The molecule has 0 spiro atoms. The van der Waals surface area contributed by atoms with Gasteiger partial charge in [-0.25, -0.2) is 14.4 Å². The van der Waals surface area contributed by atoms with E-state index in [2.05, 4.69) is 25.5 Å². The highest BCUT2D eigenvalue weighted by Crippen LogP contribution is 2.37. The van der Waals surface area contributed by atoms with Crippen molar-refractivity contribution in [2.75, 3.05) is 32.1 Å². The summed E-state index contributed by atoms with van der Waals surface area (Å²) in [6.45, 7) is 4.01. The van der Waals surface area contributed by atoms with Crippen molar-refractivity contribution in [3.05, 3.63) is 48.0 Å². The van der Waals surface area contributed by atoms with Crippen molar-refractivity contribution in [3.63, 3.8) is 0 Å². The maximum Gasteiger partial charge on any atom is 0.234 e. The van der Waals surface area contributed by atoms with Gasteiger partial charge in [-0.1, -0.05) is 6.07 Å². The number of nitrogens with one attached hydrogen (secondary N) is 2. The molecule has 8 nitrogen and oxygen atoms in total. The van der Waals surface area contributed by atoms with Gasteiger partial charge in [-0.2, -0.15) is 0 Å². The summed E-state index contributed by atoms with van der Waals surface area (Å²) in [5.74, 6) is 1.46. The van der Waals surface area contributed by atoms with E-state index in [0.717, 1.165) is 43.2 Å². The van der Waals surface area contributed by atoms with Crippen LogP contribution < -0.4 is 20.1 Å². The first kappa shape index (κ1) is 23.3. The summed E-state index contributed by atoms with van der Waals surface area (Å²) >= 11 is 0. The molecule has 0 radical (unpaired) electrons. The molecule has 35 heavy (non-hydrogen) atoms. The van der Waals surface area contributed by atoms with Gasteiger partial charge in [0.15, 0.2) is 11.5 Å². The van der Waals surface area contributed by atoms with E-state index < -0.39 is 0 Å². The summed E-state index contributed by atoms with van der Waals surface area (Å²) in [5.41, 5.74) is 1.97. The number of aromatic nitrogens is 2. The van der Waals surface area contributed by atoms with Crippen LogP contribution in [-0.2, 0) is 4.79 Å². The monoisotopic (exact) mass is 479 g/mol. The zero-order valence-corrected chi connectivity index (χ0v) is 20.0. The minimum absolute atomic E-state index is 0.0477. The Morgan fingerprint density at radius 3 is 2.71 bits per heavy atom. The minimum atomic E-state index is -0.352. The van der Waals surface area contributed by atoms with Gasteiger partial charge in [0.2, 0.25) is 5.91 Å². The lowest BCUT2D eigenvalue weighted by atomic mass is 9.91. The highest BCUT2D eigenvalue weighted by molar-refractivity contribution is 5.93. The fraction of sp³-hybridized carbons (Fsp3) is 0.423. The lowest BCUT2D eigenvalue weighted by Gasteiger charge is -2.38. The fourth-order valence-corrected chi connectivity index (χ4v) is 4.96. The number of rotatable bonds is 6. The van der Waals surface area contributed by atoms with Gasteiger partial charge < -0.3 is 20.1 Å². The highest BCUT2D eigenvalue weighted by Gasteiger charge is 2.30. The average Bonchev–Trinajstić information content (AvgIpc) is 2.86. The minimum Gasteiger partial charge on any atom is -0.493 e. The molecule has 9 heteroatoms. The molecule has 2 fully saturated rings. The quantitative estimate of drug-likeness (QED) is 0.553. The standard InChI is InChI=1S/C26H30FN5O3/c1-16-3-8-20(27)22(11-16)31-26-19-12-24(23(34-2)13-21(19)29-15-30-26)35-18-6-4-17(5-7-18)32-10-9-28-25(33)14-32/h3,8,11-13,15,17-18H,4-7,9-10,14H2,1-2H3,(H,28,33)(H,29,30,31)/t17-,18+. The number of piperazine rings is 1. The smallest absolute Gasteiger partial charge is 0.234 e. The van der Waals surface area contributed by atoms with Gasteiger partial charge in [0.25, 0.3) is 0 Å². The maximum absolute atomic E-state index is 14.4. The number of benzene rings is 2. The Hall–Kier alpha value is -3.46. The van der Waals surface area contributed by atoms with Crippen LogP contribution in [0, 0.1) is 12.7 Å². The number of ether oxygens (including phenoxy) is 2. The third-order valence-corrected chi connectivity index (χ3v) is 6.82. The van der Waals surface area contributed by atoms with Crippen molar-refractivity contribution in [1.29, 1.82) is 0 Å². The molecular formula is C26H30FN5O3. The van der Waals surface area contributed by atoms with Crippen molar-refractivity contribution in [3.8, 4) is 11.5 Å². The molecule has 2 N–H and O–H groups in total. The van der Waals surface area contributed by atoms with Gasteiger partial charge >= 0.3 is 0 Å². The largest absolute Gasteiger partial charge is 0.493 e. The Kier molecular flexibility index (Phi) is 6.68. The zero-order chi connectivity index (χ0) is 24.4. The topological polar surface area (TPSA) is 88.6 Å². The number of hydrogen-bond donors (Lipinski definition) is 2. The number of anilines is 2. The average molecular weight is 480 g/mol. The molecule has 1 aliphatic carbocycles. The summed E-state index contributed by atoms with van der Waals surface area (Å²) in [6, 6.07) is 9.00. The highest BCUT2D eigenvalue weighted by atomic mass is 19.1. The molecule has 5 rings (SSSR count). The van der Waals surface area contributed by atoms with Crippen LogP contribution in [0.25, 0.3) is 10.9 Å². The van der Waals surface area contributed by atoms with E-state index in [0.29, 0.717) is 47.7 Å². The van der Waals surface area contributed by atoms with E-state index in [4.69, 9.17) is 9.47 Å². The van der Waals surface area contributed by atoms with Crippen molar-refractivity contribution in [2.45, 2.75) is 44.8 Å². The number of amides is 1. The van der Waals surface area contributed by atoms with Crippen LogP contribution in [0.15, 0.2) is 36.7 Å². The van der Waals surface area contributed by atoms with Crippen LogP contribution in [0.2, 0.25) is 0 Å². The van der Waals surface area contributed by atoms with Crippen molar-refractivity contribution >= 4 is 28.3 Å². The second-order valence-electron chi connectivity index (χ2n) is 9.22. The predicted octanol–water partition coefficient (Wildman–Crippen LogP) is 3.95.